The van der Waals surface area contributed by atoms with Gasteiger partial charge in [0.25, 0.3) is 5.41 Å². The van der Waals surface area contributed by atoms with E-state index in [-0.39, 0.29) is 0 Å². The van der Waals surface area contributed by atoms with E-state index in [2.05, 4.69) is 25.4 Å². The minimum Gasteiger partial charge on any atom is -0.453 e. The Kier molecular flexibility index (Phi) is 5.52. The molecule has 0 unspecified atom stereocenters. The summed E-state index contributed by atoms with van der Waals surface area (Å²) in [7, 11) is 0. The van der Waals surface area contributed by atoms with Crippen LogP contribution in [0, 0.1) is 5.41 Å². The highest BCUT2D eigenvalue weighted by atomic mass is 79.9. The van der Waals surface area contributed by atoms with Crippen LogP contribution in [-0.4, -0.2) is 82.5 Å². The van der Waals surface area contributed by atoms with E-state index in [9.17, 15) is 84.2 Å². The van der Waals surface area contributed by atoms with Gasteiger partial charge in [-0.15, -0.1) is 0 Å². The monoisotopic (exact) mass is 650 g/mol. The molecule has 4 aliphatic rings. The minimum absolute atomic E-state index is 0.896. The average molecular weight is 651 g/mol. The molecule has 0 spiro atoms. The summed E-state index contributed by atoms with van der Waals surface area (Å²) in [5.41, 5.74) is -33.2. The van der Waals surface area contributed by atoms with Gasteiger partial charge < -0.3 is 9.47 Å². The molecule has 0 aromatic rings. The van der Waals surface area contributed by atoms with Gasteiger partial charge in [0, 0.05) is 0 Å². The zero-order valence-electron chi connectivity index (χ0n) is 16.4. The molecule has 0 radical (unpaired) electrons. The Morgan fingerprint density at radius 3 is 1.14 bits per heavy atom. The molecule has 4 fully saturated rings. The number of alkyl halides is 18. The van der Waals surface area contributed by atoms with Crippen molar-refractivity contribution in [2.75, 3.05) is 11.9 Å². The Morgan fingerprint density at radius 1 is 0.568 bits per heavy atom. The zero-order valence-corrected chi connectivity index (χ0v) is 17.9. The number of esters is 2. The topological polar surface area (TPSA) is 52.6 Å². The normalized spacial score (nSPS) is 41.2. The van der Waals surface area contributed by atoms with E-state index >= 15 is 0 Å². The highest BCUT2D eigenvalue weighted by Gasteiger charge is 3.25. The number of halogens is 18. The van der Waals surface area contributed by atoms with Crippen LogP contribution in [0.5, 0.6) is 0 Å². The third kappa shape index (κ3) is 2.20. The first-order valence-electron chi connectivity index (χ1n) is 8.75. The van der Waals surface area contributed by atoms with Gasteiger partial charge in [0.15, 0.2) is 6.61 Å². The Bertz CT molecular complexity index is 944. The predicted octanol–water partition coefficient (Wildman–Crippen LogP) is 5.02. The molecule has 0 aliphatic heterocycles. The Hall–Kier alpha value is -1.77. The van der Waals surface area contributed by atoms with E-state index in [0.717, 1.165) is 0 Å². The summed E-state index contributed by atoms with van der Waals surface area (Å²) >= 11 is 2.32. The lowest BCUT2D eigenvalue weighted by Gasteiger charge is -2.75. The molecule has 4 saturated carbocycles. The Balaban J connectivity index is 2.49. The number of rotatable bonds is 5. The molecule has 4 rings (SSSR count). The lowest BCUT2D eigenvalue weighted by molar-refractivity contribution is -0.638. The molecule has 0 atom stereocenters. The van der Waals surface area contributed by atoms with Gasteiger partial charge in [-0.2, -0.15) is 35.1 Å². The molecule has 0 aromatic heterocycles. The number of hydrogen-bond donors (Lipinski definition) is 0. The zero-order chi connectivity index (χ0) is 29.5. The van der Waals surface area contributed by atoms with Crippen molar-refractivity contribution in [3.63, 3.8) is 0 Å². The van der Waals surface area contributed by atoms with Crippen LogP contribution in [0.1, 0.15) is 0 Å². The standard InChI is InChI=1S/C15H4BrF17O4/c16-1-3(34)36-2-4(35)37-15(32,33)5-9(20,21)6(17)12(26,27)7(18,10(5,22)23)14(30,31)8(19,11(5,24)25)13(6,28)29/h1-2H2. The molecule has 37 heavy (non-hydrogen) atoms. The second kappa shape index (κ2) is 6.86. The third-order valence-corrected chi connectivity index (χ3v) is 6.90. The number of ether oxygens (including phenoxy) is 2. The summed E-state index contributed by atoms with van der Waals surface area (Å²) in [6.45, 7) is -2.32. The average Bonchev–Trinajstić information content (AvgIpc) is 2.71. The first kappa shape index (κ1) is 29.8. The fraction of sp³-hybridized carbons (Fsp3) is 0.867. The van der Waals surface area contributed by atoms with E-state index in [0.29, 0.717) is 0 Å². The minimum atomic E-state index is -8.47. The van der Waals surface area contributed by atoms with Crippen molar-refractivity contribution in [3.05, 3.63) is 0 Å². The molecule has 22 heteroatoms. The molecule has 4 bridgehead atoms. The fourth-order valence-electron chi connectivity index (χ4n) is 4.83. The van der Waals surface area contributed by atoms with Crippen LogP contribution in [0.2, 0.25) is 0 Å². The SMILES string of the molecule is O=C(CBr)OCC(=O)OC(F)(F)C12C(F)(F)C3(F)C(F)(F)C(F)(C(F)(F)C(F)(C3(F)F)C1(F)F)C2(F)F. The van der Waals surface area contributed by atoms with E-state index < -0.39 is 87.9 Å². The third-order valence-electron chi connectivity index (χ3n) is 6.45. The molecule has 0 amide bonds. The molecule has 0 heterocycles. The maximum Gasteiger partial charge on any atom is 0.424 e. The van der Waals surface area contributed by atoms with Crippen LogP contribution in [0.3, 0.4) is 0 Å². The molecular weight excluding hydrogens is 647 g/mol. The highest BCUT2D eigenvalue weighted by Crippen LogP contribution is 2.92. The number of carbonyl (C=O) groups is 2. The van der Waals surface area contributed by atoms with Crippen LogP contribution < -0.4 is 0 Å². The van der Waals surface area contributed by atoms with Gasteiger partial charge in [0.1, 0.15) is 5.33 Å². The maximum atomic E-state index is 14.9. The van der Waals surface area contributed by atoms with Gasteiger partial charge in [0.2, 0.25) is 0 Å². The van der Waals surface area contributed by atoms with E-state index in [1.165, 1.54) is 0 Å². The predicted molar refractivity (Wildman–Crippen MR) is 79.4 cm³/mol. The Labute approximate surface area is 198 Å². The molecular formula is C15H4BrF17O4. The van der Waals surface area contributed by atoms with Crippen LogP contribution in [0.25, 0.3) is 0 Å². The number of carbonyl (C=O) groups excluding carboxylic acids is 2. The van der Waals surface area contributed by atoms with Crippen LogP contribution in [0.4, 0.5) is 74.6 Å². The van der Waals surface area contributed by atoms with Crippen molar-refractivity contribution in [3.8, 4) is 0 Å². The summed E-state index contributed by atoms with van der Waals surface area (Å²) in [6, 6.07) is 0. The highest BCUT2D eigenvalue weighted by molar-refractivity contribution is 9.09. The van der Waals surface area contributed by atoms with Crippen molar-refractivity contribution in [1.82, 2.24) is 0 Å². The van der Waals surface area contributed by atoms with Crippen molar-refractivity contribution in [2.24, 2.45) is 5.41 Å². The summed E-state index contributed by atoms with van der Waals surface area (Å²) in [5.74, 6) is -55.1. The van der Waals surface area contributed by atoms with Gasteiger partial charge in [-0.05, 0) is 0 Å². The molecule has 4 nitrogen and oxygen atoms in total. The van der Waals surface area contributed by atoms with Gasteiger partial charge in [0.05, 0.1) is 0 Å². The second-order valence-electron chi connectivity index (χ2n) is 7.96. The molecule has 0 N–H and O–H groups in total. The summed E-state index contributed by atoms with van der Waals surface area (Å²) in [5, 5.41) is -0.896. The smallest absolute Gasteiger partial charge is 0.424 e. The van der Waals surface area contributed by atoms with Crippen molar-refractivity contribution >= 4 is 27.9 Å². The number of hydrogen-bond acceptors (Lipinski definition) is 4. The van der Waals surface area contributed by atoms with Crippen molar-refractivity contribution < 1.29 is 93.7 Å². The van der Waals surface area contributed by atoms with Crippen molar-refractivity contribution in [1.29, 1.82) is 0 Å². The molecule has 0 aromatic carbocycles. The lowest BCUT2D eigenvalue weighted by Crippen LogP contribution is -3.09. The quantitative estimate of drug-likeness (QED) is 0.238. The van der Waals surface area contributed by atoms with Gasteiger partial charge in [-0.1, -0.05) is 15.9 Å². The largest absolute Gasteiger partial charge is 0.453 e. The molecule has 214 valence electrons. The maximum absolute atomic E-state index is 14.9. The summed E-state index contributed by atoms with van der Waals surface area (Å²) < 4.78 is 255. The fourth-order valence-corrected chi connectivity index (χ4v) is 4.99. The first-order valence-corrected chi connectivity index (χ1v) is 9.87. The van der Waals surface area contributed by atoms with Crippen LogP contribution in [0.15, 0.2) is 0 Å². The van der Waals surface area contributed by atoms with E-state index in [4.69, 9.17) is 0 Å². The van der Waals surface area contributed by atoms with Crippen LogP contribution in [-0.2, 0) is 19.1 Å². The van der Waals surface area contributed by atoms with Gasteiger partial charge in [-0.3, -0.25) is 4.79 Å². The summed E-state index contributed by atoms with van der Waals surface area (Å²) in [4.78, 5) is 22.2. The van der Waals surface area contributed by atoms with Gasteiger partial charge >= 0.3 is 70.6 Å². The Morgan fingerprint density at radius 2 is 0.865 bits per heavy atom. The molecule has 4 aliphatic carbocycles. The van der Waals surface area contributed by atoms with E-state index in [1.54, 1.807) is 0 Å². The first-order chi connectivity index (χ1) is 16.1. The lowest BCUT2D eigenvalue weighted by atomic mass is 9.36. The second-order valence-corrected chi connectivity index (χ2v) is 8.52. The molecule has 0 saturated heterocycles. The summed E-state index contributed by atoms with van der Waals surface area (Å²) in [6.07, 6.45) is -7.82. The van der Waals surface area contributed by atoms with Crippen LogP contribution >= 0.6 is 15.9 Å². The van der Waals surface area contributed by atoms with E-state index in [1.807, 2.05) is 0 Å². The van der Waals surface area contributed by atoms with Crippen molar-refractivity contribution in [2.45, 2.75) is 58.7 Å². The van der Waals surface area contributed by atoms with Gasteiger partial charge in [-0.25, -0.2) is 44.3 Å².